The van der Waals surface area contributed by atoms with Crippen LogP contribution in [0.15, 0.2) is 0 Å². The minimum absolute atomic E-state index is 0.340. The topological polar surface area (TPSA) is 87.7 Å². The number of ether oxygens (including phenoxy) is 1. The molecule has 6 heteroatoms. The second-order valence-corrected chi connectivity index (χ2v) is 4.89. The van der Waals surface area contributed by atoms with Gasteiger partial charge >= 0.3 is 12.0 Å². The zero-order valence-corrected chi connectivity index (χ0v) is 11.0. The Hall–Kier alpha value is -1.30. The predicted octanol–water partition coefficient (Wildman–Crippen LogP) is 0.966. The molecule has 6 nitrogen and oxygen atoms in total. The number of carboxylic acids is 1. The van der Waals surface area contributed by atoms with Crippen LogP contribution in [0.5, 0.6) is 0 Å². The van der Waals surface area contributed by atoms with Crippen molar-refractivity contribution >= 4 is 12.0 Å². The number of urea groups is 1. The zero-order chi connectivity index (χ0) is 13.6. The van der Waals surface area contributed by atoms with Crippen LogP contribution >= 0.6 is 0 Å². The van der Waals surface area contributed by atoms with Gasteiger partial charge in [-0.3, -0.25) is 0 Å². The molecule has 0 bridgehead atoms. The Balaban J connectivity index is 2.25. The Morgan fingerprint density at radius 2 is 2.22 bits per heavy atom. The van der Waals surface area contributed by atoms with E-state index in [1.165, 1.54) is 6.92 Å². The summed E-state index contributed by atoms with van der Waals surface area (Å²) in [6, 6.07) is -0.430. The second kappa shape index (κ2) is 6.58. The number of hydrogen-bond donors (Lipinski definition) is 3. The minimum Gasteiger partial charge on any atom is -0.480 e. The molecule has 0 spiro atoms. The van der Waals surface area contributed by atoms with Crippen LogP contribution in [0.3, 0.4) is 0 Å². The smallest absolute Gasteiger partial charge is 0.329 e. The van der Waals surface area contributed by atoms with Crippen LogP contribution in [0.2, 0.25) is 0 Å². The molecule has 0 aromatic carbocycles. The molecule has 2 unspecified atom stereocenters. The first-order valence-corrected chi connectivity index (χ1v) is 6.35. The Kier molecular flexibility index (Phi) is 5.40. The van der Waals surface area contributed by atoms with Crippen LogP contribution in [0.1, 0.15) is 33.1 Å². The van der Waals surface area contributed by atoms with Gasteiger partial charge in [-0.1, -0.05) is 6.92 Å². The fourth-order valence-electron chi connectivity index (χ4n) is 1.79. The van der Waals surface area contributed by atoms with Crippen LogP contribution in [0.25, 0.3) is 0 Å². The molecule has 1 aliphatic heterocycles. The summed E-state index contributed by atoms with van der Waals surface area (Å²) in [5.74, 6) is -0.522. The van der Waals surface area contributed by atoms with Crippen molar-refractivity contribution in [2.75, 3.05) is 19.8 Å². The summed E-state index contributed by atoms with van der Waals surface area (Å²) in [6.45, 7) is 5.32. The Morgan fingerprint density at radius 3 is 2.72 bits per heavy atom. The molecule has 3 N–H and O–H groups in total. The monoisotopic (exact) mass is 258 g/mol. The number of hydrogen-bond acceptors (Lipinski definition) is 3. The molecule has 104 valence electrons. The van der Waals surface area contributed by atoms with Gasteiger partial charge in [0.1, 0.15) is 5.54 Å². The van der Waals surface area contributed by atoms with Crippen molar-refractivity contribution in [3.63, 3.8) is 0 Å². The van der Waals surface area contributed by atoms with E-state index in [1.807, 2.05) is 0 Å². The van der Waals surface area contributed by atoms with Gasteiger partial charge in [-0.15, -0.1) is 0 Å². The molecule has 1 heterocycles. The summed E-state index contributed by atoms with van der Waals surface area (Å²) < 4.78 is 5.24. The van der Waals surface area contributed by atoms with Crippen molar-refractivity contribution in [1.82, 2.24) is 10.6 Å². The molecule has 1 fully saturated rings. The molecule has 0 saturated carbocycles. The van der Waals surface area contributed by atoms with Gasteiger partial charge in [0.15, 0.2) is 0 Å². The number of aliphatic carboxylic acids is 1. The number of carbonyl (C=O) groups is 2. The number of rotatable bonds is 6. The van der Waals surface area contributed by atoms with Crippen molar-refractivity contribution in [2.24, 2.45) is 5.92 Å². The third-order valence-corrected chi connectivity index (χ3v) is 3.43. The standard InChI is InChI=1S/C12H22N2O4/c1-3-12(2,10(15)16)14-11(17)13-6-4-9-5-7-18-8-9/h9H,3-8H2,1-2H3,(H,15,16)(H2,13,14,17). The summed E-state index contributed by atoms with van der Waals surface area (Å²) in [4.78, 5) is 22.6. The highest BCUT2D eigenvalue weighted by Crippen LogP contribution is 2.15. The molecule has 0 aliphatic carbocycles. The fraction of sp³-hybridized carbons (Fsp3) is 0.833. The van der Waals surface area contributed by atoms with Gasteiger partial charge in [-0.05, 0) is 32.1 Å². The number of carbonyl (C=O) groups excluding carboxylic acids is 1. The van der Waals surface area contributed by atoms with E-state index in [9.17, 15) is 9.59 Å². The van der Waals surface area contributed by atoms with Crippen molar-refractivity contribution < 1.29 is 19.4 Å². The third kappa shape index (κ3) is 4.18. The lowest BCUT2D eigenvalue weighted by Crippen LogP contribution is -2.55. The van der Waals surface area contributed by atoms with E-state index in [0.717, 1.165) is 26.1 Å². The van der Waals surface area contributed by atoms with Gasteiger partial charge < -0.3 is 20.5 Å². The van der Waals surface area contributed by atoms with Crippen LogP contribution in [0.4, 0.5) is 4.79 Å². The maximum absolute atomic E-state index is 11.6. The number of carboxylic acid groups (broad SMARTS) is 1. The van der Waals surface area contributed by atoms with Crippen molar-refractivity contribution in [2.45, 2.75) is 38.6 Å². The van der Waals surface area contributed by atoms with Crippen LogP contribution in [0, 0.1) is 5.92 Å². The maximum atomic E-state index is 11.6. The van der Waals surface area contributed by atoms with E-state index in [0.29, 0.717) is 18.9 Å². The molecule has 1 saturated heterocycles. The van der Waals surface area contributed by atoms with Gasteiger partial charge in [-0.25, -0.2) is 9.59 Å². The lowest BCUT2D eigenvalue weighted by molar-refractivity contribution is -0.143. The molecule has 1 rings (SSSR count). The molecule has 1 aliphatic rings. The molecular weight excluding hydrogens is 236 g/mol. The largest absolute Gasteiger partial charge is 0.480 e. The van der Waals surface area contributed by atoms with Crippen molar-refractivity contribution in [3.05, 3.63) is 0 Å². The van der Waals surface area contributed by atoms with Gasteiger partial charge in [0.25, 0.3) is 0 Å². The van der Waals surface area contributed by atoms with Crippen molar-refractivity contribution in [1.29, 1.82) is 0 Å². The molecule has 0 aromatic rings. The highest BCUT2D eigenvalue weighted by molar-refractivity contribution is 5.85. The van der Waals surface area contributed by atoms with E-state index in [1.54, 1.807) is 6.92 Å². The summed E-state index contributed by atoms with van der Waals surface area (Å²) in [5.41, 5.74) is -1.21. The molecule has 0 aromatic heterocycles. The summed E-state index contributed by atoms with van der Waals surface area (Å²) in [5, 5.41) is 14.2. The lowest BCUT2D eigenvalue weighted by atomic mass is 10.00. The van der Waals surface area contributed by atoms with E-state index < -0.39 is 17.5 Å². The van der Waals surface area contributed by atoms with Crippen LogP contribution < -0.4 is 10.6 Å². The van der Waals surface area contributed by atoms with Gasteiger partial charge in [0, 0.05) is 19.8 Å². The fourth-order valence-corrected chi connectivity index (χ4v) is 1.79. The highest BCUT2D eigenvalue weighted by Gasteiger charge is 2.32. The van der Waals surface area contributed by atoms with Gasteiger partial charge in [0.2, 0.25) is 0 Å². The zero-order valence-electron chi connectivity index (χ0n) is 11.0. The van der Waals surface area contributed by atoms with E-state index in [4.69, 9.17) is 9.84 Å². The van der Waals surface area contributed by atoms with E-state index >= 15 is 0 Å². The number of amides is 2. The number of nitrogens with one attached hydrogen (secondary N) is 2. The van der Waals surface area contributed by atoms with Gasteiger partial charge in [-0.2, -0.15) is 0 Å². The Bertz CT molecular complexity index is 302. The SMILES string of the molecule is CCC(C)(NC(=O)NCCC1CCOC1)C(=O)O. The van der Waals surface area contributed by atoms with E-state index in [2.05, 4.69) is 10.6 Å². The average molecular weight is 258 g/mol. The first kappa shape index (κ1) is 14.8. The highest BCUT2D eigenvalue weighted by atomic mass is 16.5. The van der Waals surface area contributed by atoms with E-state index in [-0.39, 0.29) is 0 Å². The average Bonchev–Trinajstić information content (AvgIpc) is 2.81. The molecule has 18 heavy (non-hydrogen) atoms. The Morgan fingerprint density at radius 1 is 1.50 bits per heavy atom. The molecule has 2 atom stereocenters. The second-order valence-electron chi connectivity index (χ2n) is 4.89. The minimum atomic E-state index is -1.21. The first-order valence-electron chi connectivity index (χ1n) is 6.35. The van der Waals surface area contributed by atoms with Gasteiger partial charge in [0.05, 0.1) is 0 Å². The first-order chi connectivity index (χ1) is 8.48. The normalized spacial score (nSPS) is 22.2. The summed E-state index contributed by atoms with van der Waals surface area (Å²) in [7, 11) is 0. The maximum Gasteiger partial charge on any atom is 0.329 e. The third-order valence-electron chi connectivity index (χ3n) is 3.43. The van der Waals surface area contributed by atoms with Crippen LogP contribution in [-0.4, -0.2) is 42.4 Å². The Labute approximate surface area is 107 Å². The van der Waals surface area contributed by atoms with Crippen LogP contribution in [-0.2, 0) is 9.53 Å². The summed E-state index contributed by atoms with van der Waals surface area (Å²) in [6.07, 6.45) is 2.24. The molecule has 2 amide bonds. The predicted molar refractivity (Wildman–Crippen MR) is 66.4 cm³/mol. The summed E-state index contributed by atoms with van der Waals surface area (Å²) >= 11 is 0. The quantitative estimate of drug-likeness (QED) is 0.662. The molecule has 0 radical (unpaired) electrons. The lowest BCUT2D eigenvalue weighted by Gasteiger charge is -2.24. The molecular formula is C12H22N2O4. The van der Waals surface area contributed by atoms with Crippen molar-refractivity contribution in [3.8, 4) is 0 Å².